The van der Waals surface area contributed by atoms with E-state index in [9.17, 15) is 9.18 Å². The zero-order valence-corrected chi connectivity index (χ0v) is 11.8. The molecule has 1 aromatic carbocycles. The summed E-state index contributed by atoms with van der Waals surface area (Å²) in [6.07, 6.45) is 1.91. The highest BCUT2D eigenvalue weighted by Crippen LogP contribution is 2.42. The Balaban J connectivity index is 2.24. The van der Waals surface area contributed by atoms with E-state index in [0.29, 0.717) is 12.3 Å². The van der Waals surface area contributed by atoms with Crippen molar-refractivity contribution in [2.75, 3.05) is 25.6 Å². The molecule has 1 fully saturated rings. The fraction of sp³-hybridized carbons (Fsp3) is 0.533. The summed E-state index contributed by atoms with van der Waals surface area (Å²) in [5, 5.41) is 3.20. The van der Waals surface area contributed by atoms with E-state index >= 15 is 0 Å². The number of anilines is 1. The Kier molecular flexibility index (Phi) is 4.60. The Bertz CT molecular complexity index is 459. The highest BCUT2D eigenvalue weighted by atomic mass is 19.1. The maximum atomic E-state index is 13.0. The molecule has 0 aliphatic heterocycles. The molecular formula is C15H20FNO3. The van der Waals surface area contributed by atoms with Gasteiger partial charge in [-0.15, -0.1) is 0 Å². The predicted molar refractivity (Wildman–Crippen MR) is 74.0 cm³/mol. The number of halogens is 1. The maximum Gasteiger partial charge on any atom is 0.334 e. The van der Waals surface area contributed by atoms with Gasteiger partial charge in [0.1, 0.15) is 5.82 Å². The van der Waals surface area contributed by atoms with E-state index in [0.717, 1.165) is 12.8 Å². The number of ether oxygens (including phenoxy) is 2. The zero-order valence-electron chi connectivity index (χ0n) is 11.8. The molecule has 0 amide bonds. The van der Waals surface area contributed by atoms with Crippen LogP contribution in [0.1, 0.15) is 19.8 Å². The monoisotopic (exact) mass is 281 g/mol. The van der Waals surface area contributed by atoms with Crippen molar-refractivity contribution in [2.45, 2.75) is 25.3 Å². The number of esters is 1. The van der Waals surface area contributed by atoms with Crippen LogP contribution in [0, 0.1) is 11.7 Å². The first-order chi connectivity index (χ1) is 9.62. The molecule has 1 atom stereocenters. The van der Waals surface area contributed by atoms with Gasteiger partial charge in [-0.3, -0.25) is 0 Å². The van der Waals surface area contributed by atoms with Gasteiger partial charge in [0.05, 0.1) is 13.2 Å². The van der Waals surface area contributed by atoms with Gasteiger partial charge in [0.25, 0.3) is 0 Å². The summed E-state index contributed by atoms with van der Waals surface area (Å²) < 4.78 is 23.4. The Morgan fingerprint density at radius 2 is 2.05 bits per heavy atom. The van der Waals surface area contributed by atoms with Crippen molar-refractivity contribution in [3.05, 3.63) is 30.1 Å². The molecule has 110 valence electrons. The summed E-state index contributed by atoms with van der Waals surface area (Å²) in [6, 6.07) is 5.94. The summed E-state index contributed by atoms with van der Waals surface area (Å²) in [5.74, 6) is -0.435. The molecule has 20 heavy (non-hydrogen) atoms. The van der Waals surface area contributed by atoms with Crippen LogP contribution in [0.4, 0.5) is 10.1 Å². The third-order valence-electron chi connectivity index (χ3n) is 3.50. The van der Waals surface area contributed by atoms with Crippen LogP contribution in [-0.2, 0) is 14.3 Å². The first-order valence-electron chi connectivity index (χ1n) is 6.82. The van der Waals surface area contributed by atoms with Crippen LogP contribution in [-0.4, -0.2) is 31.8 Å². The quantitative estimate of drug-likeness (QED) is 0.780. The number of methoxy groups -OCH3 is 1. The van der Waals surface area contributed by atoms with Crippen molar-refractivity contribution >= 4 is 11.7 Å². The molecular weight excluding hydrogens is 261 g/mol. The lowest BCUT2D eigenvalue weighted by Crippen LogP contribution is -2.53. The number of rotatable bonds is 7. The molecule has 4 nitrogen and oxygen atoms in total. The molecule has 0 heterocycles. The highest BCUT2D eigenvalue weighted by molar-refractivity contribution is 5.86. The smallest absolute Gasteiger partial charge is 0.334 e. The standard InChI is InChI=1S/C15H20FNO3/c1-3-20-14(18)15(10-19-2,11-4-5-11)17-13-8-6-12(16)7-9-13/h6-9,11,17H,3-5,10H2,1-2H3. The van der Waals surface area contributed by atoms with E-state index in [-0.39, 0.29) is 24.3 Å². The Morgan fingerprint density at radius 3 is 2.55 bits per heavy atom. The molecule has 2 rings (SSSR count). The Labute approximate surface area is 118 Å². The van der Waals surface area contributed by atoms with Gasteiger partial charge in [0.2, 0.25) is 0 Å². The van der Waals surface area contributed by atoms with Crippen molar-refractivity contribution in [3.8, 4) is 0 Å². The fourth-order valence-electron chi connectivity index (χ4n) is 2.39. The average Bonchev–Trinajstić information content (AvgIpc) is 3.25. The van der Waals surface area contributed by atoms with Crippen LogP contribution in [0.5, 0.6) is 0 Å². The number of hydrogen-bond donors (Lipinski definition) is 1. The number of nitrogens with one attached hydrogen (secondary N) is 1. The molecule has 0 aromatic heterocycles. The van der Waals surface area contributed by atoms with E-state index in [1.165, 1.54) is 12.1 Å². The SMILES string of the molecule is CCOC(=O)C(COC)(Nc1ccc(F)cc1)C1CC1. The molecule has 0 bridgehead atoms. The van der Waals surface area contributed by atoms with Crippen LogP contribution in [0.15, 0.2) is 24.3 Å². The molecule has 1 saturated carbocycles. The molecule has 0 spiro atoms. The third kappa shape index (κ3) is 3.10. The normalized spacial score (nSPS) is 17.4. The van der Waals surface area contributed by atoms with E-state index in [2.05, 4.69) is 5.32 Å². The molecule has 1 N–H and O–H groups in total. The Morgan fingerprint density at radius 1 is 1.40 bits per heavy atom. The van der Waals surface area contributed by atoms with Crippen molar-refractivity contribution < 1.29 is 18.7 Å². The van der Waals surface area contributed by atoms with Gasteiger partial charge in [-0.05, 0) is 49.9 Å². The van der Waals surface area contributed by atoms with Gasteiger partial charge in [0, 0.05) is 12.8 Å². The lowest BCUT2D eigenvalue weighted by molar-refractivity contribution is -0.151. The van der Waals surface area contributed by atoms with Gasteiger partial charge >= 0.3 is 5.97 Å². The Hall–Kier alpha value is -1.62. The minimum Gasteiger partial charge on any atom is -0.464 e. The highest BCUT2D eigenvalue weighted by Gasteiger charge is 2.52. The lowest BCUT2D eigenvalue weighted by atomic mass is 9.93. The minimum atomic E-state index is -0.886. The van der Waals surface area contributed by atoms with Crippen LogP contribution in [0.3, 0.4) is 0 Å². The van der Waals surface area contributed by atoms with Gasteiger partial charge in [-0.1, -0.05) is 0 Å². The van der Waals surface area contributed by atoms with E-state index < -0.39 is 5.54 Å². The van der Waals surface area contributed by atoms with Gasteiger partial charge in [-0.2, -0.15) is 0 Å². The molecule has 1 unspecified atom stereocenters. The largest absolute Gasteiger partial charge is 0.464 e. The molecule has 0 radical (unpaired) electrons. The van der Waals surface area contributed by atoms with Crippen LogP contribution >= 0.6 is 0 Å². The topological polar surface area (TPSA) is 47.6 Å². The summed E-state index contributed by atoms with van der Waals surface area (Å²) >= 11 is 0. The second-order valence-electron chi connectivity index (χ2n) is 5.03. The van der Waals surface area contributed by atoms with E-state index in [1.54, 1.807) is 26.2 Å². The van der Waals surface area contributed by atoms with Crippen LogP contribution < -0.4 is 5.32 Å². The van der Waals surface area contributed by atoms with Crippen molar-refractivity contribution in [1.82, 2.24) is 0 Å². The number of benzene rings is 1. The van der Waals surface area contributed by atoms with E-state index in [4.69, 9.17) is 9.47 Å². The first kappa shape index (κ1) is 14.8. The lowest BCUT2D eigenvalue weighted by Gasteiger charge is -2.33. The molecule has 1 aliphatic rings. The van der Waals surface area contributed by atoms with E-state index in [1.807, 2.05) is 0 Å². The molecule has 5 heteroatoms. The van der Waals surface area contributed by atoms with Crippen molar-refractivity contribution in [1.29, 1.82) is 0 Å². The summed E-state index contributed by atoms with van der Waals surface area (Å²) in [4.78, 5) is 12.4. The summed E-state index contributed by atoms with van der Waals surface area (Å²) in [6.45, 7) is 2.33. The van der Waals surface area contributed by atoms with Gasteiger partial charge < -0.3 is 14.8 Å². The minimum absolute atomic E-state index is 0.187. The number of carbonyl (C=O) groups is 1. The second-order valence-corrected chi connectivity index (χ2v) is 5.03. The fourth-order valence-corrected chi connectivity index (χ4v) is 2.39. The maximum absolute atomic E-state index is 13.0. The van der Waals surface area contributed by atoms with Gasteiger partial charge in [-0.25, -0.2) is 9.18 Å². The first-order valence-corrected chi connectivity index (χ1v) is 6.82. The third-order valence-corrected chi connectivity index (χ3v) is 3.50. The van der Waals surface area contributed by atoms with Gasteiger partial charge in [0.15, 0.2) is 5.54 Å². The predicted octanol–water partition coefficient (Wildman–Crippen LogP) is 2.60. The number of hydrogen-bond acceptors (Lipinski definition) is 4. The van der Waals surface area contributed by atoms with Crippen LogP contribution in [0.2, 0.25) is 0 Å². The molecule has 0 saturated heterocycles. The number of carbonyl (C=O) groups excluding carboxylic acids is 1. The molecule has 1 aromatic rings. The summed E-state index contributed by atoms with van der Waals surface area (Å²) in [7, 11) is 1.56. The second kappa shape index (κ2) is 6.22. The van der Waals surface area contributed by atoms with Crippen molar-refractivity contribution in [2.24, 2.45) is 5.92 Å². The summed E-state index contributed by atoms with van der Waals surface area (Å²) in [5.41, 5.74) is -0.203. The molecule has 1 aliphatic carbocycles. The average molecular weight is 281 g/mol. The van der Waals surface area contributed by atoms with Crippen LogP contribution in [0.25, 0.3) is 0 Å². The zero-order chi connectivity index (χ0) is 14.6. The van der Waals surface area contributed by atoms with Crippen molar-refractivity contribution in [3.63, 3.8) is 0 Å².